The van der Waals surface area contributed by atoms with Crippen LogP contribution in [0.2, 0.25) is 10.0 Å². The number of halogens is 4. The van der Waals surface area contributed by atoms with Crippen LogP contribution < -0.4 is 0 Å². The summed E-state index contributed by atoms with van der Waals surface area (Å²) in [7, 11) is 0. The SMILES string of the molecule is Fc1cccc(F)c1-c1cc(Cl)cc(Cl)c1. The highest BCUT2D eigenvalue weighted by Gasteiger charge is 2.11. The van der Waals surface area contributed by atoms with Crippen molar-refractivity contribution in [1.82, 2.24) is 0 Å². The van der Waals surface area contributed by atoms with E-state index in [2.05, 4.69) is 0 Å². The van der Waals surface area contributed by atoms with Gasteiger partial charge in [0.2, 0.25) is 0 Å². The van der Waals surface area contributed by atoms with Crippen LogP contribution in [0.4, 0.5) is 8.78 Å². The molecule has 0 aliphatic carbocycles. The Hall–Kier alpha value is -1.12. The predicted octanol–water partition coefficient (Wildman–Crippen LogP) is 4.94. The van der Waals surface area contributed by atoms with Crippen LogP contribution in [-0.2, 0) is 0 Å². The Kier molecular flexibility index (Phi) is 3.13. The summed E-state index contributed by atoms with van der Waals surface area (Å²) < 4.78 is 26.9. The summed E-state index contributed by atoms with van der Waals surface area (Å²) in [4.78, 5) is 0. The number of benzene rings is 2. The van der Waals surface area contributed by atoms with Crippen molar-refractivity contribution in [2.45, 2.75) is 0 Å². The highest BCUT2D eigenvalue weighted by atomic mass is 35.5. The van der Waals surface area contributed by atoms with E-state index in [0.29, 0.717) is 15.6 Å². The second kappa shape index (κ2) is 4.40. The molecule has 2 aromatic carbocycles. The van der Waals surface area contributed by atoms with Crippen molar-refractivity contribution in [1.29, 1.82) is 0 Å². The second-order valence-corrected chi connectivity index (χ2v) is 4.13. The minimum Gasteiger partial charge on any atom is -0.206 e. The van der Waals surface area contributed by atoms with E-state index < -0.39 is 11.6 Å². The van der Waals surface area contributed by atoms with Gasteiger partial charge in [0, 0.05) is 10.0 Å². The Balaban J connectivity index is 2.67. The summed E-state index contributed by atoms with van der Waals surface area (Å²) in [6, 6.07) is 8.12. The minimum atomic E-state index is -0.640. The number of hydrogen-bond acceptors (Lipinski definition) is 0. The second-order valence-electron chi connectivity index (χ2n) is 3.25. The van der Waals surface area contributed by atoms with Gasteiger partial charge in [-0.1, -0.05) is 29.3 Å². The molecule has 0 spiro atoms. The standard InChI is InChI=1S/C12H6Cl2F2/c13-8-4-7(5-9(14)6-8)12-10(15)2-1-3-11(12)16/h1-6H. The summed E-state index contributed by atoms with van der Waals surface area (Å²) in [6.07, 6.45) is 0. The van der Waals surface area contributed by atoms with Crippen molar-refractivity contribution in [3.05, 3.63) is 58.1 Å². The molecule has 0 heterocycles. The van der Waals surface area contributed by atoms with Crippen molar-refractivity contribution < 1.29 is 8.78 Å². The van der Waals surface area contributed by atoms with Crippen LogP contribution in [0.1, 0.15) is 0 Å². The van der Waals surface area contributed by atoms with Gasteiger partial charge in [-0.25, -0.2) is 8.78 Å². The largest absolute Gasteiger partial charge is 0.206 e. The first-order valence-electron chi connectivity index (χ1n) is 4.48. The third-order valence-electron chi connectivity index (χ3n) is 2.11. The van der Waals surface area contributed by atoms with E-state index in [1.165, 1.54) is 36.4 Å². The van der Waals surface area contributed by atoms with Crippen molar-refractivity contribution in [3.63, 3.8) is 0 Å². The van der Waals surface area contributed by atoms with Crippen molar-refractivity contribution in [3.8, 4) is 11.1 Å². The lowest BCUT2D eigenvalue weighted by Crippen LogP contribution is -1.89. The molecular weight excluding hydrogens is 253 g/mol. The topological polar surface area (TPSA) is 0 Å². The van der Waals surface area contributed by atoms with Crippen molar-refractivity contribution in [2.24, 2.45) is 0 Å². The summed E-state index contributed by atoms with van der Waals surface area (Å²) in [5, 5.41) is 0.676. The third-order valence-corrected chi connectivity index (χ3v) is 2.55. The van der Waals surface area contributed by atoms with Gasteiger partial charge in [0.15, 0.2) is 0 Å². The van der Waals surface area contributed by atoms with Crippen molar-refractivity contribution >= 4 is 23.2 Å². The molecule has 2 aromatic rings. The van der Waals surface area contributed by atoms with Gasteiger partial charge in [0.1, 0.15) is 11.6 Å². The fraction of sp³-hybridized carbons (Fsp3) is 0. The van der Waals surface area contributed by atoms with E-state index in [0.717, 1.165) is 0 Å². The number of rotatable bonds is 1. The van der Waals surface area contributed by atoms with Crippen LogP contribution in [0.25, 0.3) is 11.1 Å². The van der Waals surface area contributed by atoms with Gasteiger partial charge in [0.25, 0.3) is 0 Å². The minimum absolute atomic E-state index is 0.119. The number of hydrogen-bond donors (Lipinski definition) is 0. The normalized spacial score (nSPS) is 10.5. The first kappa shape index (κ1) is 11.4. The van der Waals surface area contributed by atoms with Crippen LogP contribution >= 0.6 is 23.2 Å². The van der Waals surface area contributed by atoms with Gasteiger partial charge in [-0.15, -0.1) is 0 Å². The quantitative estimate of drug-likeness (QED) is 0.680. The molecule has 0 radical (unpaired) electrons. The zero-order valence-corrected chi connectivity index (χ0v) is 9.49. The molecule has 0 unspecified atom stereocenters. The van der Waals surface area contributed by atoms with Gasteiger partial charge in [-0.2, -0.15) is 0 Å². The van der Waals surface area contributed by atoms with Crippen LogP contribution in [-0.4, -0.2) is 0 Å². The predicted molar refractivity (Wildman–Crippen MR) is 61.8 cm³/mol. The molecule has 0 atom stereocenters. The maximum absolute atomic E-state index is 13.5. The maximum atomic E-state index is 13.5. The fourth-order valence-electron chi connectivity index (χ4n) is 1.47. The van der Waals surface area contributed by atoms with Gasteiger partial charge in [0.05, 0.1) is 5.56 Å². The summed E-state index contributed by atoms with van der Waals surface area (Å²) in [5.74, 6) is -1.28. The molecule has 82 valence electrons. The van der Waals surface area contributed by atoms with Crippen molar-refractivity contribution in [2.75, 3.05) is 0 Å². The lowest BCUT2D eigenvalue weighted by molar-refractivity contribution is 0.589. The van der Waals surface area contributed by atoms with E-state index >= 15 is 0 Å². The van der Waals surface area contributed by atoms with Gasteiger partial charge in [-0.05, 0) is 35.9 Å². The van der Waals surface area contributed by atoms with E-state index in [4.69, 9.17) is 23.2 Å². The van der Waals surface area contributed by atoms with Crippen LogP contribution in [0.3, 0.4) is 0 Å². The molecule has 0 saturated carbocycles. The van der Waals surface area contributed by atoms with Gasteiger partial charge < -0.3 is 0 Å². The lowest BCUT2D eigenvalue weighted by atomic mass is 10.0. The van der Waals surface area contributed by atoms with E-state index in [1.807, 2.05) is 0 Å². The fourth-order valence-corrected chi connectivity index (χ4v) is 2.00. The molecule has 0 nitrogen and oxygen atoms in total. The Morgan fingerprint density at radius 2 is 1.31 bits per heavy atom. The highest BCUT2D eigenvalue weighted by Crippen LogP contribution is 2.30. The summed E-state index contributed by atoms with van der Waals surface area (Å²) >= 11 is 11.6. The summed E-state index contributed by atoms with van der Waals surface area (Å²) in [5.41, 5.74) is 0.208. The highest BCUT2D eigenvalue weighted by molar-refractivity contribution is 6.35. The van der Waals surface area contributed by atoms with E-state index in [-0.39, 0.29) is 5.56 Å². The molecule has 0 fully saturated rings. The average Bonchev–Trinajstić information content (AvgIpc) is 2.15. The molecule has 0 aliphatic heterocycles. The monoisotopic (exact) mass is 258 g/mol. The Labute approximate surface area is 101 Å². The van der Waals surface area contributed by atoms with E-state index in [1.54, 1.807) is 0 Å². The molecule has 0 saturated heterocycles. The van der Waals surface area contributed by atoms with Gasteiger partial charge >= 0.3 is 0 Å². The molecule has 2 rings (SSSR count). The maximum Gasteiger partial charge on any atom is 0.133 e. The summed E-state index contributed by atoms with van der Waals surface area (Å²) in [6.45, 7) is 0. The average molecular weight is 259 g/mol. The zero-order chi connectivity index (χ0) is 11.7. The zero-order valence-electron chi connectivity index (χ0n) is 7.98. The molecular formula is C12H6Cl2F2. The molecule has 0 aromatic heterocycles. The van der Waals surface area contributed by atoms with Crippen LogP contribution in [0.15, 0.2) is 36.4 Å². The van der Waals surface area contributed by atoms with E-state index in [9.17, 15) is 8.78 Å². The Morgan fingerprint density at radius 3 is 1.81 bits per heavy atom. The molecule has 0 bridgehead atoms. The van der Waals surface area contributed by atoms with Crippen LogP contribution in [0, 0.1) is 11.6 Å². The van der Waals surface area contributed by atoms with Crippen LogP contribution in [0.5, 0.6) is 0 Å². The third kappa shape index (κ3) is 2.18. The molecule has 0 N–H and O–H groups in total. The smallest absolute Gasteiger partial charge is 0.133 e. The first-order valence-corrected chi connectivity index (χ1v) is 5.24. The first-order chi connectivity index (χ1) is 7.58. The molecule has 4 heteroatoms. The molecule has 16 heavy (non-hydrogen) atoms. The molecule has 0 aliphatic rings. The Morgan fingerprint density at radius 1 is 0.812 bits per heavy atom. The lowest BCUT2D eigenvalue weighted by Gasteiger charge is -2.06. The Bertz CT molecular complexity index is 498. The molecule has 0 amide bonds. The van der Waals surface area contributed by atoms with Gasteiger partial charge in [-0.3, -0.25) is 0 Å².